The molecule has 0 bridgehead atoms. The first kappa shape index (κ1) is 13.7. The van der Waals surface area contributed by atoms with Gasteiger partial charge in [-0.05, 0) is 25.1 Å². The first-order valence-electron chi connectivity index (χ1n) is 6.56. The highest BCUT2D eigenvalue weighted by atomic mass is 15.3. The quantitative estimate of drug-likeness (QED) is 0.851. The van der Waals surface area contributed by atoms with Crippen LogP contribution in [-0.2, 0) is 26.2 Å². The molecule has 2 rings (SSSR count). The van der Waals surface area contributed by atoms with Gasteiger partial charge in [0, 0.05) is 19.6 Å². The fourth-order valence-electron chi connectivity index (χ4n) is 2.06. The third-order valence-electron chi connectivity index (χ3n) is 3.12. The molecule has 1 heterocycles. The van der Waals surface area contributed by atoms with Crippen molar-refractivity contribution in [2.24, 2.45) is 5.73 Å². The van der Waals surface area contributed by atoms with Gasteiger partial charge in [0.1, 0.15) is 12.2 Å². The summed E-state index contributed by atoms with van der Waals surface area (Å²) in [6.45, 7) is 5.21. The van der Waals surface area contributed by atoms with Crippen LogP contribution in [0.25, 0.3) is 0 Å². The van der Waals surface area contributed by atoms with Gasteiger partial charge in [-0.25, -0.2) is 9.67 Å². The topological polar surface area (TPSA) is 60.0 Å². The summed E-state index contributed by atoms with van der Waals surface area (Å²) in [4.78, 5) is 6.52. The van der Waals surface area contributed by atoms with Crippen molar-refractivity contribution in [1.82, 2.24) is 19.7 Å². The van der Waals surface area contributed by atoms with Crippen molar-refractivity contribution < 1.29 is 0 Å². The summed E-state index contributed by atoms with van der Waals surface area (Å²) in [6, 6.07) is 8.42. The van der Waals surface area contributed by atoms with Crippen molar-refractivity contribution in [3.8, 4) is 0 Å². The van der Waals surface area contributed by atoms with E-state index in [1.807, 2.05) is 4.68 Å². The van der Waals surface area contributed by atoms with E-state index in [2.05, 4.69) is 53.2 Å². The zero-order chi connectivity index (χ0) is 13.7. The maximum Gasteiger partial charge on any atom is 0.140 e. The van der Waals surface area contributed by atoms with Crippen molar-refractivity contribution in [2.75, 3.05) is 7.05 Å². The zero-order valence-electron chi connectivity index (χ0n) is 11.6. The number of nitrogens with zero attached hydrogens (tertiary/aromatic N) is 4. The third-order valence-corrected chi connectivity index (χ3v) is 3.12. The molecular formula is C14H21N5. The minimum atomic E-state index is 0.593. The fourth-order valence-corrected chi connectivity index (χ4v) is 2.06. The van der Waals surface area contributed by atoms with Gasteiger partial charge in [0.15, 0.2) is 0 Å². The van der Waals surface area contributed by atoms with E-state index in [4.69, 9.17) is 5.73 Å². The summed E-state index contributed by atoms with van der Waals surface area (Å²) in [6.07, 6.45) is 1.61. The van der Waals surface area contributed by atoms with Crippen LogP contribution < -0.4 is 5.73 Å². The summed E-state index contributed by atoms with van der Waals surface area (Å²) < 4.78 is 1.92. The number of rotatable bonds is 6. The van der Waals surface area contributed by atoms with Gasteiger partial charge in [-0.15, -0.1) is 0 Å². The van der Waals surface area contributed by atoms with Gasteiger partial charge in [0.05, 0.1) is 6.54 Å². The van der Waals surface area contributed by atoms with E-state index in [9.17, 15) is 0 Å². The number of benzene rings is 1. The summed E-state index contributed by atoms with van der Waals surface area (Å²) in [7, 11) is 2.09. The van der Waals surface area contributed by atoms with Crippen molar-refractivity contribution >= 4 is 0 Å². The summed E-state index contributed by atoms with van der Waals surface area (Å²) in [5.74, 6) is 1.00. The first-order chi connectivity index (χ1) is 9.22. The molecule has 1 aromatic heterocycles. The van der Waals surface area contributed by atoms with Crippen LogP contribution in [0.4, 0.5) is 0 Å². The van der Waals surface area contributed by atoms with E-state index in [1.165, 1.54) is 5.56 Å². The zero-order valence-corrected chi connectivity index (χ0v) is 11.6. The SMILES string of the molecule is CCn1ncnc1CN(C)Cc1ccc(CN)cc1. The van der Waals surface area contributed by atoms with Crippen LogP contribution in [0.15, 0.2) is 30.6 Å². The average molecular weight is 259 g/mol. The molecule has 0 aliphatic rings. The van der Waals surface area contributed by atoms with E-state index >= 15 is 0 Å². The lowest BCUT2D eigenvalue weighted by Crippen LogP contribution is -2.20. The Morgan fingerprint density at radius 2 is 1.84 bits per heavy atom. The lowest BCUT2D eigenvalue weighted by Gasteiger charge is -2.16. The molecule has 102 valence electrons. The standard InChI is InChI=1S/C14H21N5/c1-3-19-14(16-11-17-19)10-18(2)9-13-6-4-12(8-15)5-7-13/h4-7,11H,3,8-10,15H2,1-2H3. The molecule has 1 aromatic carbocycles. The van der Waals surface area contributed by atoms with Gasteiger partial charge in [0.2, 0.25) is 0 Å². The van der Waals surface area contributed by atoms with Crippen LogP contribution >= 0.6 is 0 Å². The molecule has 2 N–H and O–H groups in total. The molecule has 0 fully saturated rings. The monoisotopic (exact) mass is 259 g/mol. The Hall–Kier alpha value is -1.72. The molecule has 5 heteroatoms. The van der Waals surface area contributed by atoms with Gasteiger partial charge in [-0.3, -0.25) is 4.90 Å². The Bertz CT molecular complexity index is 503. The van der Waals surface area contributed by atoms with Crippen molar-refractivity contribution in [1.29, 1.82) is 0 Å². The van der Waals surface area contributed by atoms with Gasteiger partial charge in [0.25, 0.3) is 0 Å². The molecule has 0 spiro atoms. The molecule has 0 saturated heterocycles. The Morgan fingerprint density at radius 1 is 1.16 bits per heavy atom. The summed E-state index contributed by atoms with van der Waals surface area (Å²) >= 11 is 0. The highest BCUT2D eigenvalue weighted by Crippen LogP contribution is 2.08. The lowest BCUT2D eigenvalue weighted by atomic mass is 10.1. The van der Waals surface area contributed by atoms with E-state index in [0.29, 0.717) is 6.54 Å². The third kappa shape index (κ3) is 3.62. The van der Waals surface area contributed by atoms with Crippen LogP contribution in [0, 0.1) is 0 Å². The van der Waals surface area contributed by atoms with Crippen molar-refractivity contribution in [2.45, 2.75) is 33.1 Å². The van der Waals surface area contributed by atoms with Gasteiger partial charge in [-0.2, -0.15) is 5.10 Å². The van der Waals surface area contributed by atoms with Gasteiger partial charge >= 0.3 is 0 Å². The molecule has 0 saturated carbocycles. The van der Waals surface area contributed by atoms with Crippen LogP contribution in [0.3, 0.4) is 0 Å². The number of hydrogen-bond acceptors (Lipinski definition) is 4. The number of aryl methyl sites for hydroxylation is 1. The van der Waals surface area contributed by atoms with Crippen LogP contribution in [-0.4, -0.2) is 26.7 Å². The molecule has 5 nitrogen and oxygen atoms in total. The Kier molecular flexibility index (Phi) is 4.65. The van der Waals surface area contributed by atoms with E-state index in [1.54, 1.807) is 6.33 Å². The molecule has 0 atom stereocenters. The number of hydrogen-bond donors (Lipinski definition) is 1. The van der Waals surface area contributed by atoms with Crippen molar-refractivity contribution in [3.63, 3.8) is 0 Å². The average Bonchev–Trinajstić information content (AvgIpc) is 2.86. The summed E-state index contributed by atoms with van der Waals surface area (Å²) in [5.41, 5.74) is 8.04. The smallest absolute Gasteiger partial charge is 0.140 e. The number of aromatic nitrogens is 3. The Balaban J connectivity index is 1.95. The molecule has 0 radical (unpaired) electrons. The van der Waals surface area contributed by atoms with E-state index in [-0.39, 0.29) is 0 Å². The second-order valence-corrected chi connectivity index (χ2v) is 4.68. The van der Waals surface area contributed by atoms with Gasteiger partial charge < -0.3 is 5.73 Å². The predicted octanol–water partition coefficient (Wildman–Crippen LogP) is 1.39. The highest BCUT2D eigenvalue weighted by molar-refractivity contribution is 5.22. The largest absolute Gasteiger partial charge is 0.326 e. The van der Waals surface area contributed by atoms with Crippen LogP contribution in [0.5, 0.6) is 0 Å². The fraction of sp³-hybridized carbons (Fsp3) is 0.429. The maximum absolute atomic E-state index is 5.60. The molecule has 0 unspecified atom stereocenters. The molecule has 19 heavy (non-hydrogen) atoms. The highest BCUT2D eigenvalue weighted by Gasteiger charge is 2.07. The maximum atomic E-state index is 5.60. The minimum Gasteiger partial charge on any atom is -0.326 e. The molecule has 2 aromatic rings. The minimum absolute atomic E-state index is 0.593. The predicted molar refractivity (Wildman–Crippen MR) is 75.2 cm³/mol. The van der Waals surface area contributed by atoms with Crippen LogP contribution in [0.2, 0.25) is 0 Å². The normalized spacial score (nSPS) is 11.2. The second-order valence-electron chi connectivity index (χ2n) is 4.68. The Morgan fingerprint density at radius 3 is 2.47 bits per heavy atom. The lowest BCUT2D eigenvalue weighted by molar-refractivity contribution is 0.303. The first-order valence-corrected chi connectivity index (χ1v) is 6.56. The molecule has 0 aliphatic heterocycles. The number of nitrogens with two attached hydrogens (primary N) is 1. The second kappa shape index (κ2) is 6.45. The van der Waals surface area contributed by atoms with E-state index < -0.39 is 0 Å². The molecular weight excluding hydrogens is 238 g/mol. The Labute approximate surface area is 114 Å². The van der Waals surface area contributed by atoms with Crippen LogP contribution in [0.1, 0.15) is 23.9 Å². The molecule has 0 aliphatic carbocycles. The van der Waals surface area contributed by atoms with Gasteiger partial charge in [-0.1, -0.05) is 24.3 Å². The molecule has 0 amide bonds. The van der Waals surface area contributed by atoms with E-state index in [0.717, 1.165) is 31.0 Å². The van der Waals surface area contributed by atoms with Crippen molar-refractivity contribution in [3.05, 3.63) is 47.5 Å². The summed E-state index contributed by atoms with van der Waals surface area (Å²) in [5, 5.41) is 4.18.